The first-order chi connectivity index (χ1) is 22.8. The summed E-state index contributed by atoms with van der Waals surface area (Å²) in [7, 11) is 0. The molecule has 0 fully saturated rings. The maximum atomic E-state index is 5.17. The lowest BCUT2D eigenvalue weighted by Crippen LogP contribution is -1.93. The molecule has 0 spiro atoms. The Labute approximate surface area is 268 Å². The zero-order chi connectivity index (χ0) is 30.5. The molecule has 0 radical (unpaired) electrons. The molecular weight excluding hydrogens is 555 g/mol. The fourth-order valence-electron chi connectivity index (χ4n) is 7.07. The van der Waals surface area contributed by atoms with Crippen molar-refractivity contribution in [2.75, 3.05) is 0 Å². The molecule has 0 amide bonds. The highest BCUT2D eigenvalue weighted by atomic mass is 14.7. The topological polar surface area (TPSA) is 12.9 Å². The lowest BCUT2D eigenvalue weighted by molar-refractivity contribution is 1.42. The average Bonchev–Trinajstić information content (AvgIpc) is 3.14. The summed E-state index contributed by atoms with van der Waals surface area (Å²) in [4.78, 5) is 5.17. The Balaban J connectivity index is 1.43. The van der Waals surface area contributed by atoms with Crippen LogP contribution in [0.5, 0.6) is 0 Å². The van der Waals surface area contributed by atoms with E-state index in [1.807, 2.05) is 6.20 Å². The Morgan fingerprint density at radius 2 is 0.804 bits per heavy atom. The largest absolute Gasteiger partial charge is 0.255 e. The minimum Gasteiger partial charge on any atom is -0.255 e. The van der Waals surface area contributed by atoms with Crippen molar-refractivity contribution in [1.82, 2.24) is 4.98 Å². The van der Waals surface area contributed by atoms with Crippen LogP contribution in [0.25, 0.3) is 87.7 Å². The number of rotatable bonds is 4. The Kier molecular flexibility index (Phi) is 6.21. The summed E-state index contributed by atoms with van der Waals surface area (Å²) in [5, 5.41) is 8.55. The van der Waals surface area contributed by atoms with Gasteiger partial charge < -0.3 is 0 Å². The van der Waals surface area contributed by atoms with E-state index in [1.165, 1.54) is 71.3 Å². The van der Waals surface area contributed by atoms with Gasteiger partial charge in [-0.05, 0) is 90.1 Å². The molecule has 1 heteroatoms. The smallest absolute Gasteiger partial charge is 0.0781 e. The van der Waals surface area contributed by atoms with Crippen LogP contribution in [0.2, 0.25) is 0 Å². The van der Waals surface area contributed by atoms with Gasteiger partial charge in [0.25, 0.3) is 0 Å². The van der Waals surface area contributed by atoms with Gasteiger partial charge in [-0.2, -0.15) is 0 Å². The number of aromatic nitrogens is 1. The van der Waals surface area contributed by atoms with Crippen molar-refractivity contribution in [3.05, 3.63) is 176 Å². The van der Waals surface area contributed by atoms with Crippen LogP contribution in [0, 0.1) is 0 Å². The van der Waals surface area contributed by atoms with E-state index in [0.717, 1.165) is 16.5 Å². The maximum absolute atomic E-state index is 5.17. The number of benzene rings is 8. The molecule has 8 aromatic carbocycles. The number of hydrogen-bond donors (Lipinski definition) is 0. The summed E-state index contributed by atoms with van der Waals surface area (Å²) in [6, 6.07) is 61.3. The zero-order valence-corrected chi connectivity index (χ0v) is 25.2. The monoisotopic (exact) mass is 583 g/mol. The molecule has 1 nitrogen and oxygen atoms in total. The van der Waals surface area contributed by atoms with Crippen molar-refractivity contribution in [1.29, 1.82) is 0 Å². The van der Waals surface area contributed by atoms with Gasteiger partial charge in [-0.3, -0.25) is 4.98 Å². The first-order valence-corrected chi connectivity index (χ1v) is 15.8. The fraction of sp³-hybridized carbons (Fsp3) is 0. The lowest BCUT2D eigenvalue weighted by atomic mass is 9.85. The predicted molar refractivity (Wildman–Crippen MR) is 196 cm³/mol. The summed E-state index contributed by atoms with van der Waals surface area (Å²) in [6.45, 7) is 0. The van der Waals surface area contributed by atoms with Crippen molar-refractivity contribution in [3.8, 4) is 44.5 Å². The van der Waals surface area contributed by atoms with Crippen LogP contribution >= 0.6 is 0 Å². The molecule has 0 unspecified atom stereocenters. The quantitative estimate of drug-likeness (QED) is 0.188. The molecule has 0 aliphatic carbocycles. The van der Waals surface area contributed by atoms with Crippen LogP contribution in [-0.4, -0.2) is 4.98 Å². The van der Waals surface area contributed by atoms with Gasteiger partial charge in [0.2, 0.25) is 0 Å². The molecule has 46 heavy (non-hydrogen) atoms. The molecule has 0 aliphatic rings. The van der Waals surface area contributed by atoms with Gasteiger partial charge in [0.1, 0.15) is 0 Å². The number of nitrogens with zero attached hydrogens (tertiary/aromatic N) is 1. The molecule has 0 aliphatic heterocycles. The number of fused-ring (bicyclic) bond motifs is 7. The Hall–Kier alpha value is -6.05. The number of hydrogen-bond acceptors (Lipinski definition) is 1. The normalized spacial score (nSPS) is 11.5. The summed E-state index contributed by atoms with van der Waals surface area (Å²) < 4.78 is 0. The molecule has 9 aromatic rings. The van der Waals surface area contributed by atoms with E-state index >= 15 is 0 Å². The third kappa shape index (κ3) is 4.37. The molecule has 1 heterocycles. The SMILES string of the molecule is c1ccc(-c2ccc3c(ccc4c3c(-c3ccccc3)cc3c5ncc(-c6ccccc6)cc5cc(-c5ccccc5)c34)c2)cc1. The number of pyridine rings is 1. The third-order valence-electron chi connectivity index (χ3n) is 9.24. The average molecular weight is 584 g/mol. The molecule has 214 valence electrons. The summed E-state index contributed by atoms with van der Waals surface area (Å²) >= 11 is 0. The fourth-order valence-corrected chi connectivity index (χ4v) is 7.07. The van der Waals surface area contributed by atoms with Crippen LogP contribution in [0.1, 0.15) is 0 Å². The van der Waals surface area contributed by atoms with Gasteiger partial charge in [-0.1, -0.05) is 146 Å². The minimum atomic E-state index is 1.02. The van der Waals surface area contributed by atoms with Crippen LogP contribution in [-0.2, 0) is 0 Å². The van der Waals surface area contributed by atoms with Crippen molar-refractivity contribution in [2.45, 2.75) is 0 Å². The summed E-state index contributed by atoms with van der Waals surface area (Å²) in [5.74, 6) is 0. The van der Waals surface area contributed by atoms with E-state index in [-0.39, 0.29) is 0 Å². The van der Waals surface area contributed by atoms with Crippen molar-refractivity contribution in [3.63, 3.8) is 0 Å². The van der Waals surface area contributed by atoms with Gasteiger partial charge in [-0.15, -0.1) is 0 Å². The van der Waals surface area contributed by atoms with Crippen LogP contribution in [0.4, 0.5) is 0 Å². The first kappa shape index (κ1) is 26.4. The maximum Gasteiger partial charge on any atom is 0.0781 e. The van der Waals surface area contributed by atoms with Gasteiger partial charge in [0.15, 0.2) is 0 Å². The Morgan fingerprint density at radius 3 is 1.43 bits per heavy atom. The third-order valence-corrected chi connectivity index (χ3v) is 9.24. The molecule has 0 N–H and O–H groups in total. The standard InChI is InChI=1S/C45H29N/c1-5-13-30(14-6-1)34-21-23-38-35(25-34)22-24-39-43(38)41(33-19-11-4-12-20-33)28-42-44(39)40(32-17-9-3-10-18-32)27-36-26-37(29-46-45(36)42)31-15-7-2-8-16-31/h1-29H. The van der Waals surface area contributed by atoms with Crippen molar-refractivity contribution < 1.29 is 0 Å². The summed E-state index contributed by atoms with van der Waals surface area (Å²) in [6.07, 6.45) is 2.02. The highest BCUT2D eigenvalue weighted by Crippen LogP contribution is 2.45. The van der Waals surface area contributed by atoms with Gasteiger partial charge in [-0.25, -0.2) is 0 Å². The lowest BCUT2D eigenvalue weighted by Gasteiger charge is -2.19. The molecule has 0 bridgehead atoms. The molecule has 0 atom stereocenters. The van der Waals surface area contributed by atoms with E-state index < -0.39 is 0 Å². The zero-order valence-electron chi connectivity index (χ0n) is 25.2. The summed E-state index contributed by atoms with van der Waals surface area (Å²) in [5.41, 5.74) is 10.6. The van der Waals surface area contributed by atoms with Crippen molar-refractivity contribution >= 4 is 43.2 Å². The van der Waals surface area contributed by atoms with E-state index in [4.69, 9.17) is 4.98 Å². The minimum absolute atomic E-state index is 1.02. The van der Waals surface area contributed by atoms with E-state index in [0.29, 0.717) is 0 Å². The second-order valence-electron chi connectivity index (χ2n) is 12.0. The van der Waals surface area contributed by atoms with Crippen LogP contribution in [0.15, 0.2) is 176 Å². The Morgan fingerprint density at radius 1 is 0.304 bits per heavy atom. The molecule has 1 aromatic heterocycles. The second-order valence-corrected chi connectivity index (χ2v) is 12.0. The molecule has 0 saturated carbocycles. The highest BCUT2D eigenvalue weighted by molar-refractivity contribution is 6.29. The van der Waals surface area contributed by atoms with E-state index in [1.54, 1.807) is 0 Å². The van der Waals surface area contributed by atoms with E-state index in [9.17, 15) is 0 Å². The van der Waals surface area contributed by atoms with Crippen LogP contribution in [0.3, 0.4) is 0 Å². The predicted octanol–water partition coefficient (Wildman–Crippen LogP) is 12.4. The molecular formula is C45H29N. The van der Waals surface area contributed by atoms with Gasteiger partial charge >= 0.3 is 0 Å². The van der Waals surface area contributed by atoms with Gasteiger partial charge in [0.05, 0.1) is 5.52 Å². The second kappa shape index (κ2) is 10.8. The highest BCUT2D eigenvalue weighted by Gasteiger charge is 2.19. The van der Waals surface area contributed by atoms with E-state index in [2.05, 4.69) is 170 Å². The Bertz CT molecular complexity index is 2540. The first-order valence-electron chi connectivity index (χ1n) is 15.8. The molecule has 0 saturated heterocycles. The molecule has 9 rings (SSSR count). The van der Waals surface area contributed by atoms with Gasteiger partial charge in [0, 0.05) is 22.5 Å². The van der Waals surface area contributed by atoms with Crippen LogP contribution < -0.4 is 0 Å². The van der Waals surface area contributed by atoms with Crippen molar-refractivity contribution in [2.24, 2.45) is 0 Å².